The highest BCUT2D eigenvalue weighted by Crippen LogP contribution is 2.40. The predicted octanol–water partition coefficient (Wildman–Crippen LogP) is 8.19. The number of aliphatic hydroxyl groups is 1. The van der Waals surface area contributed by atoms with Gasteiger partial charge in [-0.25, -0.2) is 0 Å². The third-order valence-corrected chi connectivity index (χ3v) is 10.5. The van der Waals surface area contributed by atoms with Crippen molar-refractivity contribution in [1.82, 2.24) is 0 Å². The molecule has 2 rings (SSSR count). The van der Waals surface area contributed by atoms with Crippen molar-refractivity contribution in [1.29, 1.82) is 0 Å². The topological polar surface area (TPSA) is 133 Å². The lowest BCUT2D eigenvalue weighted by Crippen LogP contribution is -2.45. The number of hydrogen-bond donors (Lipinski definition) is 1. The van der Waals surface area contributed by atoms with Crippen molar-refractivity contribution in [2.75, 3.05) is 26.4 Å². The van der Waals surface area contributed by atoms with Gasteiger partial charge in [-0.1, -0.05) is 51.2 Å². The molecule has 14 atom stereocenters. The van der Waals surface area contributed by atoms with E-state index in [-0.39, 0.29) is 48.8 Å². The standard InChI is InChI=1S/C44H78O12/c1-15-37(52-33(10)48-17-3)31(8)42-38(53-42)28-43(13,55-34(11)49-18-4)25-20-21-29(6)41-30(7)22-23-39(45)44(14,56-35(12)50-19-5)26-24-36(27-40(46)54-41)51-32(9)47-16-2/h20-23,25,30-39,41-42,45H,15-19,24,26-28H2,1-14H3/b23-22-,25-20+,29-21+. The molecule has 0 aromatic rings. The Morgan fingerprint density at radius 3 is 2.18 bits per heavy atom. The molecular formula is C44H78O12. The van der Waals surface area contributed by atoms with Gasteiger partial charge >= 0.3 is 5.97 Å². The number of allylic oxidation sites excluding steroid dienone is 2. The summed E-state index contributed by atoms with van der Waals surface area (Å²) in [6, 6.07) is 0. The largest absolute Gasteiger partial charge is 0.457 e. The molecule has 0 aromatic carbocycles. The summed E-state index contributed by atoms with van der Waals surface area (Å²) in [7, 11) is 0. The Hall–Kier alpha value is -1.71. The van der Waals surface area contributed by atoms with Crippen molar-refractivity contribution in [2.24, 2.45) is 11.8 Å². The Morgan fingerprint density at radius 2 is 1.55 bits per heavy atom. The van der Waals surface area contributed by atoms with Crippen LogP contribution in [0.2, 0.25) is 0 Å². The number of carbonyl (C=O) groups excluding carboxylic acids is 1. The first-order chi connectivity index (χ1) is 26.4. The highest BCUT2D eigenvalue weighted by molar-refractivity contribution is 5.70. The Labute approximate surface area is 338 Å². The minimum absolute atomic E-state index is 0.00262. The van der Waals surface area contributed by atoms with E-state index in [0.717, 1.165) is 12.0 Å². The van der Waals surface area contributed by atoms with E-state index in [1.54, 1.807) is 6.08 Å². The van der Waals surface area contributed by atoms with Gasteiger partial charge in [0.1, 0.15) is 12.2 Å². The molecule has 0 aliphatic carbocycles. The smallest absolute Gasteiger partial charge is 0.309 e. The number of ether oxygens (including phenoxy) is 10. The zero-order chi connectivity index (χ0) is 42.1. The van der Waals surface area contributed by atoms with E-state index in [0.29, 0.717) is 45.7 Å². The fourth-order valence-electron chi connectivity index (χ4n) is 7.52. The summed E-state index contributed by atoms with van der Waals surface area (Å²) in [5, 5.41) is 11.5. The molecule has 0 aromatic heterocycles. The molecule has 2 heterocycles. The van der Waals surface area contributed by atoms with Crippen molar-refractivity contribution in [3.05, 3.63) is 36.0 Å². The summed E-state index contributed by atoms with van der Waals surface area (Å²) >= 11 is 0. The Bertz CT molecular complexity index is 1210. The number of cyclic esters (lactones) is 1. The molecule has 0 radical (unpaired) electrons. The first kappa shape index (κ1) is 50.4. The number of rotatable bonds is 24. The summed E-state index contributed by atoms with van der Waals surface area (Å²) in [6.07, 6.45) is 7.93. The molecule has 0 amide bonds. The fourth-order valence-corrected chi connectivity index (χ4v) is 7.52. The zero-order valence-electron chi connectivity index (χ0n) is 37.1. The molecule has 2 aliphatic rings. The molecule has 2 aliphatic heterocycles. The molecule has 56 heavy (non-hydrogen) atoms. The second kappa shape index (κ2) is 25.0. The summed E-state index contributed by atoms with van der Waals surface area (Å²) in [5.41, 5.74) is -0.913. The molecule has 326 valence electrons. The minimum atomic E-state index is -1.01. The maximum atomic E-state index is 13.6. The fraction of sp³-hybridized carbons (Fsp3) is 0.841. The van der Waals surface area contributed by atoms with Crippen molar-refractivity contribution in [2.45, 2.75) is 202 Å². The summed E-state index contributed by atoms with van der Waals surface area (Å²) in [6.45, 7) is 29.3. The van der Waals surface area contributed by atoms with Crippen LogP contribution in [0.4, 0.5) is 0 Å². The molecule has 1 fully saturated rings. The van der Waals surface area contributed by atoms with Gasteiger partial charge in [0.25, 0.3) is 0 Å². The zero-order valence-corrected chi connectivity index (χ0v) is 37.1. The lowest BCUT2D eigenvalue weighted by molar-refractivity contribution is -0.224. The van der Waals surface area contributed by atoms with Crippen LogP contribution in [0, 0.1) is 11.8 Å². The van der Waals surface area contributed by atoms with Crippen molar-refractivity contribution in [3.63, 3.8) is 0 Å². The van der Waals surface area contributed by atoms with E-state index in [1.165, 1.54) is 0 Å². The Morgan fingerprint density at radius 1 is 0.946 bits per heavy atom. The number of aliphatic hydroxyl groups excluding tert-OH is 1. The van der Waals surface area contributed by atoms with E-state index in [1.807, 2.05) is 107 Å². The van der Waals surface area contributed by atoms with Gasteiger partial charge in [0, 0.05) is 44.7 Å². The Kier molecular flexibility index (Phi) is 22.5. The molecule has 1 N–H and O–H groups in total. The monoisotopic (exact) mass is 799 g/mol. The van der Waals surface area contributed by atoms with Crippen LogP contribution in [-0.2, 0) is 52.2 Å². The van der Waals surface area contributed by atoms with Crippen molar-refractivity contribution < 1.29 is 57.3 Å². The summed E-state index contributed by atoms with van der Waals surface area (Å²) < 4.78 is 60.4. The van der Waals surface area contributed by atoms with Crippen molar-refractivity contribution >= 4 is 5.97 Å². The number of esters is 1. The highest BCUT2D eigenvalue weighted by atomic mass is 16.7. The van der Waals surface area contributed by atoms with Gasteiger partial charge in [-0.3, -0.25) is 4.79 Å². The van der Waals surface area contributed by atoms with Crippen LogP contribution < -0.4 is 0 Å². The normalized spacial score (nSPS) is 31.6. The Balaban J connectivity index is 2.38. The van der Waals surface area contributed by atoms with Crippen LogP contribution in [0.3, 0.4) is 0 Å². The van der Waals surface area contributed by atoms with E-state index in [4.69, 9.17) is 47.4 Å². The maximum Gasteiger partial charge on any atom is 0.309 e. The summed E-state index contributed by atoms with van der Waals surface area (Å²) in [5.74, 6) is -0.502. The number of hydrogen-bond acceptors (Lipinski definition) is 12. The van der Waals surface area contributed by atoms with Crippen LogP contribution in [0.5, 0.6) is 0 Å². The van der Waals surface area contributed by atoms with Gasteiger partial charge < -0.3 is 52.5 Å². The summed E-state index contributed by atoms with van der Waals surface area (Å²) in [4.78, 5) is 13.6. The molecule has 0 saturated carbocycles. The molecule has 12 heteroatoms. The average Bonchev–Trinajstić information content (AvgIpc) is 3.88. The van der Waals surface area contributed by atoms with Gasteiger partial charge in [-0.05, 0) is 101 Å². The second-order valence-corrected chi connectivity index (χ2v) is 15.6. The van der Waals surface area contributed by atoms with Gasteiger partial charge in [0.05, 0.1) is 42.0 Å². The lowest BCUT2D eigenvalue weighted by atomic mass is 9.88. The van der Waals surface area contributed by atoms with Crippen LogP contribution in [-0.4, -0.2) is 110 Å². The third kappa shape index (κ3) is 17.3. The van der Waals surface area contributed by atoms with Crippen LogP contribution >= 0.6 is 0 Å². The van der Waals surface area contributed by atoms with Crippen LogP contribution in [0.15, 0.2) is 36.0 Å². The quantitative estimate of drug-likeness (QED) is 0.0332. The molecule has 12 nitrogen and oxygen atoms in total. The maximum absolute atomic E-state index is 13.6. The molecule has 0 bridgehead atoms. The van der Waals surface area contributed by atoms with Gasteiger partial charge in [0.2, 0.25) is 0 Å². The van der Waals surface area contributed by atoms with E-state index in [2.05, 4.69) is 13.8 Å². The van der Waals surface area contributed by atoms with Gasteiger partial charge in [-0.15, -0.1) is 0 Å². The highest BCUT2D eigenvalue weighted by Gasteiger charge is 2.49. The minimum Gasteiger partial charge on any atom is -0.457 e. The first-order valence-corrected chi connectivity index (χ1v) is 21.1. The van der Waals surface area contributed by atoms with Crippen LogP contribution in [0.25, 0.3) is 0 Å². The molecule has 1 saturated heterocycles. The van der Waals surface area contributed by atoms with E-state index in [9.17, 15) is 9.90 Å². The molecule has 14 unspecified atom stereocenters. The van der Waals surface area contributed by atoms with E-state index < -0.39 is 48.4 Å². The van der Waals surface area contributed by atoms with Crippen molar-refractivity contribution in [3.8, 4) is 0 Å². The lowest BCUT2D eigenvalue weighted by Gasteiger charge is -2.37. The van der Waals surface area contributed by atoms with Gasteiger partial charge in [0.15, 0.2) is 25.2 Å². The molecular weight excluding hydrogens is 720 g/mol. The second-order valence-electron chi connectivity index (χ2n) is 15.6. The van der Waals surface area contributed by atoms with Crippen LogP contribution in [0.1, 0.15) is 129 Å². The first-order valence-electron chi connectivity index (χ1n) is 21.1. The number of epoxide rings is 1. The third-order valence-electron chi connectivity index (χ3n) is 10.5. The average molecular weight is 799 g/mol. The van der Waals surface area contributed by atoms with E-state index >= 15 is 0 Å². The number of carbonyl (C=O) groups is 1. The molecule has 0 spiro atoms. The van der Waals surface area contributed by atoms with Gasteiger partial charge in [-0.2, -0.15) is 0 Å². The predicted molar refractivity (Wildman–Crippen MR) is 217 cm³/mol. The SMILES string of the molecule is CCOC(C)OC1CCC(C)(OC(C)OCC)C(O)/C=C\C(C)C(/C(C)=C/C=C/C(C)(CC2OC2C(C)C(CC)OC(C)OCC)OC(C)OCC)OC(=O)C1.